The van der Waals surface area contributed by atoms with Gasteiger partial charge in [0.1, 0.15) is 5.60 Å². The van der Waals surface area contributed by atoms with Crippen LogP contribution in [0.1, 0.15) is 25.3 Å². The van der Waals surface area contributed by atoms with Gasteiger partial charge in [-0.2, -0.15) is 0 Å². The number of Topliss-reactive ketones (excluding diaryl/α,β-unsaturated/α-hetero) is 1. The molecular formula is C13H14O5S. The van der Waals surface area contributed by atoms with E-state index in [1.165, 1.54) is 12.1 Å². The van der Waals surface area contributed by atoms with E-state index in [-0.39, 0.29) is 4.90 Å². The van der Waals surface area contributed by atoms with E-state index < -0.39 is 33.1 Å². The summed E-state index contributed by atoms with van der Waals surface area (Å²) in [5.74, 6) is -2.15. The number of rotatable bonds is 2. The minimum atomic E-state index is -3.28. The van der Waals surface area contributed by atoms with Gasteiger partial charge in [0, 0.05) is 6.26 Å². The first kappa shape index (κ1) is 13.7. The molecule has 1 unspecified atom stereocenters. The molecule has 102 valence electrons. The molecule has 2 rings (SSSR count). The maximum Gasteiger partial charge on any atom is 0.375 e. The van der Waals surface area contributed by atoms with Crippen molar-refractivity contribution in [1.82, 2.24) is 0 Å². The van der Waals surface area contributed by atoms with Gasteiger partial charge < -0.3 is 4.74 Å². The molecule has 0 saturated carbocycles. The normalized spacial score (nSPS) is 22.4. The van der Waals surface area contributed by atoms with Crippen molar-refractivity contribution >= 4 is 21.6 Å². The van der Waals surface area contributed by atoms with Crippen LogP contribution in [0.4, 0.5) is 0 Å². The van der Waals surface area contributed by atoms with Crippen molar-refractivity contribution in [3.8, 4) is 0 Å². The van der Waals surface area contributed by atoms with E-state index >= 15 is 0 Å². The molecule has 6 heteroatoms. The maximum atomic E-state index is 11.8. The summed E-state index contributed by atoms with van der Waals surface area (Å²) < 4.78 is 27.7. The molecule has 0 radical (unpaired) electrons. The lowest BCUT2D eigenvalue weighted by Gasteiger charge is -2.23. The lowest BCUT2D eigenvalue weighted by molar-refractivity contribution is -0.151. The van der Waals surface area contributed by atoms with Crippen LogP contribution >= 0.6 is 0 Å². The van der Waals surface area contributed by atoms with Gasteiger partial charge in [-0.25, -0.2) is 13.2 Å². The van der Waals surface area contributed by atoms with E-state index in [1.54, 1.807) is 26.0 Å². The summed E-state index contributed by atoms with van der Waals surface area (Å²) in [7, 11) is -3.28. The van der Waals surface area contributed by atoms with Gasteiger partial charge in [0.2, 0.25) is 0 Å². The van der Waals surface area contributed by atoms with E-state index in [4.69, 9.17) is 4.74 Å². The lowest BCUT2D eigenvalue weighted by atomic mass is 9.84. The standard InChI is InChI=1S/C13H14O5S/c1-13(2)10(11(14)12(15)18-13)8-4-6-9(7-5-8)19(3,16)17/h4-7,10H,1-3H3. The van der Waals surface area contributed by atoms with Gasteiger partial charge in [-0.3, -0.25) is 4.79 Å². The summed E-state index contributed by atoms with van der Waals surface area (Å²) in [5.41, 5.74) is -0.339. The molecule has 0 N–H and O–H groups in total. The Morgan fingerprint density at radius 1 is 1.11 bits per heavy atom. The molecule has 0 aromatic heterocycles. The monoisotopic (exact) mass is 282 g/mol. The predicted molar refractivity (Wildman–Crippen MR) is 67.5 cm³/mol. The van der Waals surface area contributed by atoms with Gasteiger partial charge in [0.25, 0.3) is 5.78 Å². The Balaban J connectivity index is 2.43. The Morgan fingerprint density at radius 2 is 1.63 bits per heavy atom. The number of benzene rings is 1. The molecule has 5 nitrogen and oxygen atoms in total. The third-order valence-electron chi connectivity index (χ3n) is 3.16. The number of sulfone groups is 1. The number of carbonyl (C=O) groups is 2. The number of hydrogen-bond acceptors (Lipinski definition) is 5. The van der Waals surface area contributed by atoms with Crippen molar-refractivity contribution in [2.24, 2.45) is 0 Å². The topological polar surface area (TPSA) is 77.5 Å². The fourth-order valence-corrected chi connectivity index (χ4v) is 2.87. The molecule has 0 spiro atoms. The highest BCUT2D eigenvalue weighted by atomic mass is 32.2. The van der Waals surface area contributed by atoms with E-state index in [1.807, 2.05) is 0 Å². The van der Waals surface area contributed by atoms with E-state index in [9.17, 15) is 18.0 Å². The molecule has 1 atom stereocenters. The SMILES string of the molecule is CC1(C)OC(=O)C(=O)C1c1ccc(S(C)(=O)=O)cc1. The van der Waals surface area contributed by atoms with Crippen LogP contribution in [0.5, 0.6) is 0 Å². The van der Waals surface area contributed by atoms with Crippen molar-refractivity contribution in [2.45, 2.75) is 30.3 Å². The zero-order valence-electron chi connectivity index (χ0n) is 10.8. The summed E-state index contributed by atoms with van der Waals surface area (Å²) >= 11 is 0. The van der Waals surface area contributed by atoms with Crippen molar-refractivity contribution in [2.75, 3.05) is 6.26 Å². The van der Waals surface area contributed by atoms with Crippen molar-refractivity contribution in [3.63, 3.8) is 0 Å². The van der Waals surface area contributed by atoms with E-state index in [0.717, 1.165) is 6.26 Å². The lowest BCUT2D eigenvalue weighted by Crippen LogP contribution is -2.28. The zero-order chi connectivity index (χ0) is 14.4. The van der Waals surface area contributed by atoms with Crippen LogP contribution in [0.3, 0.4) is 0 Å². The Kier molecular flexibility index (Phi) is 3.01. The van der Waals surface area contributed by atoms with Crippen LogP contribution in [0.15, 0.2) is 29.2 Å². The van der Waals surface area contributed by atoms with Crippen molar-refractivity contribution in [3.05, 3.63) is 29.8 Å². The summed E-state index contributed by atoms with van der Waals surface area (Å²) in [6.07, 6.45) is 1.11. The number of hydrogen-bond donors (Lipinski definition) is 0. The van der Waals surface area contributed by atoms with Crippen LogP contribution in [-0.2, 0) is 24.2 Å². The molecule has 1 heterocycles. The molecule has 1 aliphatic rings. The summed E-state index contributed by atoms with van der Waals surface area (Å²) in [5, 5.41) is 0. The Hall–Kier alpha value is -1.69. The molecule has 0 amide bonds. The second-order valence-corrected chi connectivity index (χ2v) is 7.15. The third-order valence-corrected chi connectivity index (χ3v) is 4.28. The number of esters is 1. The molecule has 0 bridgehead atoms. The largest absolute Gasteiger partial charge is 0.453 e. The second kappa shape index (κ2) is 4.16. The van der Waals surface area contributed by atoms with Gasteiger partial charge >= 0.3 is 5.97 Å². The highest BCUT2D eigenvalue weighted by molar-refractivity contribution is 7.90. The minimum Gasteiger partial charge on any atom is -0.453 e. The van der Waals surface area contributed by atoms with Gasteiger partial charge in [-0.15, -0.1) is 0 Å². The van der Waals surface area contributed by atoms with Crippen LogP contribution < -0.4 is 0 Å². The average Bonchev–Trinajstić information content (AvgIpc) is 2.47. The Morgan fingerprint density at radius 3 is 2.00 bits per heavy atom. The second-order valence-electron chi connectivity index (χ2n) is 5.13. The first-order valence-electron chi connectivity index (χ1n) is 5.70. The fraction of sp³-hybridized carbons (Fsp3) is 0.385. The van der Waals surface area contributed by atoms with Crippen LogP contribution in [0.25, 0.3) is 0 Å². The van der Waals surface area contributed by atoms with Crippen molar-refractivity contribution < 1.29 is 22.7 Å². The highest BCUT2D eigenvalue weighted by Crippen LogP contribution is 2.38. The summed E-state index contributed by atoms with van der Waals surface area (Å²) in [6.45, 7) is 3.32. The Labute approximate surface area is 111 Å². The third kappa shape index (κ3) is 2.40. The van der Waals surface area contributed by atoms with Gasteiger partial charge in [0.05, 0.1) is 10.8 Å². The number of carbonyl (C=O) groups excluding carboxylic acids is 2. The van der Waals surface area contributed by atoms with E-state index in [2.05, 4.69) is 0 Å². The smallest absolute Gasteiger partial charge is 0.375 e. The van der Waals surface area contributed by atoms with Crippen molar-refractivity contribution in [1.29, 1.82) is 0 Å². The molecule has 19 heavy (non-hydrogen) atoms. The summed E-state index contributed by atoms with van der Waals surface area (Å²) in [6, 6.07) is 5.94. The fourth-order valence-electron chi connectivity index (χ4n) is 2.24. The van der Waals surface area contributed by atoms with Crippen LogP contribution in [0, 0.1) is 0 Å². The minimum absolute atomic E-state index is 0.173. The number of cyclic esters (lactones) is 1. The zero-order valence-corrected chi connectivity index (χ0v) is 11.7. The predicted octanol–water partition coefficient (Wildman–Crippen LogP) is 1.08. The first-order valence-corrected chi connectivity index (χ1v) is 7.59. The molecular weight excluding hydrogens is 268 g/mol. The van der Waals surface area contributed by atoms with Gasteiger partial charge in [-0.1, -0.05) is 12.1 Å². The Bertz CT molecular complexity index is 640. The number of ether oxygens (including phenoxy) is 1. The molecule has 1 fully saturated rings. The van der Waals surface area contributed by atoms with Crippen LogP contribution in [-0.4, -0.2) is 32.0 Å². The van der Waals surface area contributed by atoms with Gasteiger partial charge in [-0.05, 0) is 31.5 Å². The van der Waals surface area contributed by atoms with E-state index in [0.29, 0.717) is 5.56 Å². The molecule has 1 aromatic rings. The average molecular weight is 282 g/mol. The highest BCUT2D eigenvalue weighted by Gasteiger charge is 2.50. The molecule has 1 aromatic carbocycles. The first-order chi connectivity index (χ1) is 8.63. The molecule has 1 saturated heterocycles. The maximum absolute atomic E-state index is 11.8. The molecule has 0 aliphatic carbocycles. The quantitative estimate of drug-likeness (QED) is 0.599. The number of ketones is 1. The molecule has 1 aliphatic heterocycles. The van der Waals surface area contributed by atoms with Crippen LogP contribution in [0.2, 0.25) is 0 Å². The summed E-state index contributed by atoms with van der Waals surface area (Å²) in [4.78, 5) is 23.3. The van der Waals surface area contributed by atoms with Gasteiger partial charge in [0.15, 0.2) is 9.84 Å².